The van der Waals surface area contributed by atoms with Gasteiger partial charge in [-0.1, -0.05) is 12.1 Å². The van der Waals surface area contributed by atoms with Crippen LogP contribution in [0.25, 0.3) is 0 Å². The van der Waals surface area contributed by atoms with E-state index >= 15 is 0 Å². The highest BCUT2D eigenvalue weighted by atomic mass is 16.5. The SMILES string of the molecule is NC(=O)C1CCOc2ccccc2C1=O. The van der Waals surface area contributed by atoms with Crippen LogP contribution in [0.1, 0.15) is 16.8 Å². The van der Waals surface area contributed by atoms with Crippen molar-refractivity contribution < 1.29 is 14.3 Å². The van der Waals surface area contributed by atoms with Crippen LogP contribution >= 0.6 is 0 Å². The number of rotatable bonds is 1. The second-order valence-electron chi connectivity index (χ2n) is 3.45. The first kappa shape index (κ1) is 9.71. The molecule has 78 valence electrons. The van der Waals surface area contributed by atoms with Crippen LogP contribution in [0.5, 0.6) is 5.75 Å². The number of hydrogen-bond acceptors (Lipinski definition) is 3. The van der Waals surface area contributed by atoms with Crippen LogP contribution in [-0.2, 0) is 4.79 Å². The predicted molar refractivity (Wildman–Crippen MR) is 53.6 cm³/mol. The molecule has 0 saturated heterocycles. The molecule has 1 atom stereocenters. The molecule has 0 aromatic heterocycles. The van der Waals surface area contributed by atoms with Gasteiger partial charge in [-0.05, 0) is 12.1 Å². The van der Waals surface area contributed by atoms with Crippen molar-refractivity contribution in [2.24, 2.45) is 11.7 Å². The minimum absolute atomic E-state index is 0.240. The zero-order valence-corrected chi connectivity index (χ0v) is 8.10. The third-order valence-electron chi connectivity index (χ3n) is 2.48. The summed E-state index contributed by atoms with van der Waals surface area (Å²) in [6.45, 7) is 0.344. The summed E-state index contributed by atoms with van der Waals surface area (Å²) in [5, 5.41) is 0. The number of nitrogens with two attached hydrogens (primary N) is 1. The van der Waals surface area contributed by atoms with Gasteiger partial charge in [-0.15, -0.1) is 0 Å². The monoisotopic (exact) mass is 205 g/mol. The fraction of sp³-hybridized carbons (Fsp3) is 0.273. The Labute approximate surface area is 87.0 Å². The van der Waals surface area contributed by atoms with Crippen molar-refractivity contribution in [2.45, 2.75) is 6.42 Å². The molecule has 4 heteroatoms. The smallest absolute Gasteiger partial charge is 0.228 e. The Hall–Kier alpha value is -1.84. The lowest BCUT2D eigenvalue weighted by molar-refractivity contribution is -0.120. The van der Waals surface area contributed by atoms with Crippen LogP contribution in [0.15, 0.2) is 24.3 Å². The molecule has 1 amide bonds. The Morgan fingerprint density at radius 2 is 2.13 bits per heavy atom. The van der Waals surface area contributed by atoms with Crippen LogP contribution in [0.3, 0.4) is 0 Å². The molecule has 1 aromatic rings. The van der Waals surface area contributed by atoms with Gasteiger partial charge < -0.3 is 10.5 Å². The minimum atomic E-state index is -0.756. The molecule has 0 saturated carbocycles. The van der Waals surface area contributed by atoms with Crippen molar-refractivity contribution in [3.63, 3.8) is 0 Å². The van der Waals surface area contributed by atoms with Gasteiger partial charge in [-0.2, -0.15) is 0 Å². The lowest BCUT2D eigenvalue weighted by Crippen LogP contribution is -2.30. The molecule has 1 aliphatic heterocycles. The van der Waals surface area contributed by atoms with Crippen LogP contribution in [0, 0.1) is 5.92 Å². The zero-order chi connectivity index (χ0) is 10.8. The van der Waals surface area contributed by atoms with Gasteiger partial charge in [-0.3, -0.25) is 9.59 Å². The number of primary amides is 1. The summed E-state index contributed by atoms with van der Waals surface area (Å²) >= 11 is 0. The van der Waals surface area contributed by atoms with E-state index in [1.54, 1.807) is 24.3 Å². The molecular weight excluding hydrogens is 194 g/mol. The van der Waals surface area contributed by atoms with Gasteiger partial charge >= 0.3 is 0 Å². The molecule has 1 aliphatic rings. The first-order valence-corrected chi connectivity index (χ1v) is 4.75. The lowest BCUT2D eigenvalue weighted by atomic mass is 9.95. The van der Waals surface area contributed by atoms with Crippen LogP contribution in [-0.4, -0.2) is 18.3 Å². The van der Waals surface area contributed by atoms with Crippen LogP contribution < -0.4 is 10.5 Å². The number of ketones is 1. The van der Waals surface area contributed by atoms with Crippen molar-refractivity contribution >= 4 is 11.7 Å². The average Bonchev–Trinajstić information content (AvgIpc) is 2.39. The highest BCUT2D eigenvalue weighted by Gasteiger charge is 2.29. The topological polar surface area (TPSA) is 69.4 Å². The number of benzene rings is 1. The van der Waals surface area contributed by atoms with Gasteiger partial charge in [0.05, 0.1) is 12.2 Å². The fourth-order valence-corrected chi connectivity index (χ4v) is 1.67. The first-order valence-electron chi connectivity index (χ1n) is 4.75. The van der Waals surface area contributed by atoms with Crippen molar-refractivity contribution in [3.8, 4) is 5.75 Å². The van der Waals surface area contributed by atoms with E-state index < -0.39 is 11.8 Å². The van der Waals surface area contributed by atoms with Crippen LogP contribution in [0.2, 0.25) is 0 Å². The molecule has 0 bridgehead atoms. The van der Waals surface area contributed by atoms with E-state index in [0.717, 1.165) is 0 Å². The largest absolute Gasteiger partial charge is 0.493 e. The molecule has 15 heavy (non-hydrogen) atoms. The van der Waals surface area contributed by atoms with E-state index in [-0.39, 0.29) is 5.78 Å². The van der Waals surface area contributed by atoms with Crippen molar-refractivity contribution in [3.05, 3.63) is 29.8 Å². The Morgan fingerprint density at radius 1 is 1.40 bits per heavy atom. The molecule has 0 radical (unpaired) electrons. The molecule has 1 unspecified atom stereocenters. The summed E-state index contributed by atoms with van der Waals surface area (Å²) in [6.07, 6.45) is 0.350. The molecule has 2 rings (SSSR count). The number of amides is 1. The molecule has 4 nitrogen and oxygen atoms in total. The highest BCUT2D eigenvalue weighted by Crippen LogP contribution is 2.26. The lowest BCUT2D eigenvalue weighted by Gasteiger charge is -2.06. The normalized spacial score (nSPS) is 20.0. The van der Waals surface area contributed by atoms with E-state index in [4.69, 9.17) is 10.5 Å². The standard InChI is InChI=1S/C11H11NO3/c12-11(14)8-5-6-15-9-4-2-1-3-7(9)10(8)13/h1-4,8H,5-6H2,(H2,12,14). The number of para-hydroxylation sites is 1. The predicted octanol–water partition coefficient (Wildman–Crippen LogP) is 0.753. The van der Waals surface area contributed by atoms with Gasteiger partial charge in [0.25, 0.3) is 0 Å². The highest BCUT2D eigenvalue weighted by molar-refractivity contribution is 6.11. The van der Waals surface area contributed by atoms with Crippen molar-refractivity contribution in [1.29, 1.82) is 0 Å². The molecule has 0 spiro atoms. The molecule has 0 aliphatic carbocycles. The van der Waals surface area contributed by atoms with Gasteiger partial charge in [0.15, 0.2) is 5.78 Å². The maximum Gasteiger partial charge on any atom is 0.228 e. The van der Waals surface area contributed by atoms with Gasteiger partial charge in [0.2, 0.25) is 5.91 Å². The third kappa shape index (κ3) is 1.70. The maximum absolute atomic E-state index is 11.9. The van der Waals surface area contributed by atoms with Crippen molar-refractivity contribution in [2.75, 3.05) is 6.61 Å². The Kier molecular flexibility index (Phi) is 2.41. The summed E-state index contributed by atoms with van der Waals surface area (Å²) in [5.74, 6) is -1.05. The van der Waals surface area contributed by atoms with E-state index in [1.165, 1.54) is 0 Å². The summed E-state index contributed by atoms with van der Waals surface area (Å²) in [4.78, 5) is 23.0. The first-order chi connectivity index (χ1) is 7.20. The van der Waals surface area contributed by atoms with E-state index in [2.05, 4.69) is 0 Å². The maximum atomic E-state index is 11.9. The quantitative estimate of drug-likeness (QED) is 0.688. The molecular formula is C11H11NO3. The van der Waals surface area contributed by atoms with Gasteiger partial charge in [0, 0.05) is 6.42 Å². The number of ether oxygens (including phenoxy) is 1. The van der Waals surface area contributed by atoms with Gasteiger partial charge in [-0.25, -0.2) is 0 Å². The third-order valence-corrected chi connectivity index (χ3v) is 2.48. The number of Topliss-reactive ketones (excluding diaryl/α,β-unsaturated/α-hetero) is 1. The number of fused-ring (bicyclic) bond motifs is 1. The molecule has 0 fully saturated rings. The van der Waals surface area contributed by atoms with Crippen molar-refractivity contribution in [1.82, 2.24) is 0 Å². The second-order valence-corrected chi connectivity index (χ2v) is 3.45. The average molecular weight is 205 g/mol. The molecule has 1 aromatic carbocycles. The molecule has 1 heterocycles. The zero-order valence-electron chi connectivity index (χ0n) is 8.10. The minimum Gasteiger partial charge on any atom is -0.493 e. The summed E-state index contributed by atoms with van der Waals surface area (Å²) in [5.41, 5.74) is 5.61. The Balaban J connectivity index is 2.43. The van der Waals surface area contributed by atoms with E-state index in [0.29, 0.717) is 24.3 Å². The van der Waals surface area contributed by atoms with Gasteiger partial charge in [0.1, 0.15) is 11.7 Å². The Bertz CT molecular complexity index is 414. The molecule has 2 N–H and O–H groups in total. The van der Waals surface area contributed by atoms with Crippen LogP contribution in [0.4, 0.5) is 0 Å². The number of carbonyl (C=O) groups is 2. The fourth-order valence-electron chi connectivity index (χ4n) is 1.67. The van der Waals surface area contributed by atoms with E-state index in [9.17, 15) is 9.59 Å². The summed E-state index contributed by atoms with van der Waals surface area (Å²) < 4.78 is 5.37. The summed E-state index contributed by atoms with van der Waals surface area (Å²) in [7, 11) is 0. The second kappa shape index (κ2) is 3.73. The summed E-state index contributed by atoms with van der Waals surface area (Å²) in [6, 6.07) is 6.90. The number of hydrogen-bond donors (Lipinski definition) is 1. The van der Waals surface area contributed by atoms with E-state index in [1.807, 2.05) is 0 Å². The Morgan fingerprint density at radius 3 is 2.87 bits per heavy atom. The number of carbonyl (C=O) groups excluding carboxylic acids is 2.